The van der Waals surface area contributed by atoms with Gasteiger partial charge in [-0.05, 0) is 37.8 Å². The van der Waals surface area contributed by atoms with Gasteiger partial charge in [-0.1, -0.05) is 25.0 Å². The molecule has 0 spiro atoms. The number of benzene rings is 1. The number of amides is 1. The molecule has 5 nitrogen and oxygen atoms in total. The Morgan fingerprint density at radius 2 is 2.04 bits per heavy atom. The largest absolute Gasteiger partial charge is 0.507 e. The van der Waals surface area contributed by atoms with E-state index in [0.29, 0.717) is 24.8 Å². The summed E-state index contributed by atoms with van der Waals surface area (Å²) in [6.07, 6.45) is -2.69. The van der Waals surface area contributed by atoms with Crippen LogP contribution in [0, 0.1) is 12.8 Å². The average molecular weight is 356 g/mol. The molecule has 2 N–H and O–H groups in total. The van der Waals surface area contributed by atoms with Crippen LogP contribution in [-0.2, 0) is 0 Å². The van der Waals surface area contributed by atoms with E-state index in [1.54, 1.807) is 0 Å². The number of halogens is 3. The normalized spacial score (nSPS) is 26.8. The van der Waals surface area contributed by atoms with Crippen molar-refractivity contribution >= 4 is 11.6 Å². The van der Waals surface area contributed by atoms with Crippen molar-refractivity contribution in [3.8, 4) is 5.75 Å². The van der Waals surface area contributed by atoms with Crippen LogP contribution in [0.3, 0.4) is 0 Å². The molecule has 8 heteroatoms. The Hall–Kier alpha value is -2.09. The van der Waals surface area contributed by atoms with Gasteiger partial charge in [-0.2, -0.15) is 23.3 Å². The lowest BCUT2D eigenvalue weighted by molar-refractivity contribution is -0.312. The molecule has 1 saturated carbocycles. The van der Waals surface area contributed by atoms with E-state index >= 15 is 0 Å². The van der Waals surface area contributed by atoms with Gasteiger partial charge < -0.3 is 10.2 Å². The second kappa shape index (κ2) is 6.01. The number of hydrazone groups is 1. The molecule has 0 radical (unpaired) electrons. The second-order valence-electron chi connectivity index (χ2n) is 6.56. The summed E-state index contributed by atoms with van der Waals surface area (Å²) in [4.78, 5) is 12.7. The van der Waals surface area contributed by atoms with Gasteiger partial charge in [-0.25, -0.2) is 0 Å². The number of alkyl halides is 3. The number of fused-ring (bicyclic) bond motifs is 1. The van der Waals surface area contributed by atoms with Gasteiger partial charge >= 0.3 is 6.18 Å². The molecule has 0 saturated heterocycles. The summed E-state index contributed by atoms with van der Waals surface area (Å²) in [6, 6.07) is 4.20. The number of hydrogen-bond donors (Lipinski definition) is 2. The number of carbonyl (C=O) groups excluding carboxylic acids is 1. The minimum absolute atomic E-state index is 0.110. The quantitative estimate of drug-likeness (QED) is 0.811. The van der Waals surface area contributed by atoms with Gasteiger partial charge in [0, 0.05) is 5.71 Å². The fourth-order valence-electron chi connectivity index (χ4n) is 3.54. The smallest absolute Gasteiger partial charge is 0.439 e. The molecular weight excluding hydrogens is 337 g/mol. The van der Waals surface area contributed by atoms with Gasteiger partial charge in [0.05, 0.1) is 11.5 Å². The molecule has 1 amide bonds. The van der Waals surface area contributed by atoms with Crippen molar-refractivity contribution in [2.24, 2.45) is 11.0 Å². The van der Waals surface area contributed by atoms with Crippen molar-refractivity contribution in [3.05, 3.63) is 29.3 Å². The Kier molecular flexibility index (Phi) is 4.26. The minimum Gasteiger partial charge on any atom is -0.507 e. The van der Waals surface area contributed by atoms with Crippen LogP contribution in [-0.4, -0.2) is 38.7 Å². The number of phenolic OH excluding ortho intramolecular Hbond substituents is 1. The molecule has 1 aliphatic carbocycles. The van der Waals surface area contributed by atoms with E-state index in [0.717, 1.165) is 6.42 Å². The summed E-state index contributed by atoms with van der Waals surface area (Å²) in [7, 11) is 0. The highest BCUT2D eigenvalue weighted by molar-refractivity contribution is 6.01. The molecule has 3 rings (SSSR count). The van der Waals surface area contributed by atoms with Crippen molar-refractivity contribution < 1.29 is 28.2 Å². The first kappa shape index (κ1) is 17.7. The third-order valence-corrected chi connectivity index (χ3v) is 4.94. The molecule has 25 heavy (non-hydrogen) atoms. The Morgan fingerprint density at radius 3 is 2.72 bits per heavy atom. The predicted octanol–water partition coefficient (Wildman–Crippen LogP) is 3.34. The number of hydrogen-bond acceptors (Lipinski definition) is 4. The number of nitrogens with zero attached hydrogens (tertiary/aromatic N) is 2. The van der Waals surface area contributed by atoms with Crippen LogP contribution in [0.2, 0.25) is 0 Å². The SMILES string of the molecule is Cc1cccc(C(=O)N2N=C3CCCCC[C@@H]3[C@@]2(O)C(F)(F)F)c1O. The Bertz CT molecular complexity index is 732. The van der Waals surface area contributed by atoms with Gasteiger partial charge in [-0.15, -0.1) is 0 Å². The Morgan fingerprint density at radius 1 is 1.32 bits per heavy atom. The van der Waals surface area contributed by atoms with E-state index in [2.05, 4.69) is 5.10 Å². The van der Waals surface area contributed by atoms with Crippen molar-refractivity contribution in [3.63, 3.8) is 0 Å². The van der Waals surface area contributed by atoms with Gasteiger partial charge in [-0.3, -0.25) is 4.79 Å². The van der Waals surface area contributed by atoms with Crippen molar-refractivity contribution in [2.75, 3.05) is 0 Å². The summed E-state index contributed by atoms with van der Waals surface area (Å²) in [5.74, 6) is -2.85. The molecule has 1 aliphatic heterocycles. The number of aryl methyl sites for hydroxylation is 1. The monoisotopic (exact) mass is 356 g/mol. The zero-order chi connectivity index (χ0) is 18.4. The zero-order valence-corrected chi connectivity index (χ0v) is 13.7. The third kappa shape index (κ3) is 2.68. The first-order chi connectivity index (χ1) is 11.7. The van der Waals surface area contributed by atoms with E-state index in [-0.39, 0.29) is 22.7 Å². The van der Waals surface area contributed by atoms with Crippen LogP contribution < -0.4 is 0 Å². The third-order valence-electron chi connectivity index (χ3n) is 4.94. The maximum atomic E-state index is 13.8. The number of para-hydroxylation sites is 1. The molecule has 2 atom stereocenters. The fourth-order valence-corrected chi connectivity index (χ4v) is 3.54. The van der Waals surface area contributed by atoms with Crippen LogP contribution in [0.4, 0.5) is 13.2 Å². The van der Waals surface area contributed by atoms with Crippen LogP contribution in [0.25, 0.3) is 0 Å². The highest BCUT2D eigenvalue weighted by Gasteiger charge is 2.68. The van der Waals surface area contributed by atoms with Gasteiger partial charge in [0.15, 0.2) is 0 Å². The lowest BCUT2D eigenvalue weighted by Gasteiger charge is -2.37. The topological polar surface area (TPSA) is 73.1 Å². The Labute approximate surface area is 142 Å². The summed E-state index contributed by atoms with van der Waals surface area (Å²) < 4.78 is 41.3. The summed E-state index contributed by atoms with van der Waals surface area (Å²) in [6.45, 7) is 1.53. The van der Waals surface area contributed by atoms with Crippen molar-refractivity contribution in [1.82, 2.24) is 5.01 Å². The van der Waals surface area contributed by atoms with Crippen LogP contribution in [0.1, 0.15) is 48.0 Å². The standard InChI is InChI=1S/C17H19F3N2O3/c1-10-6-5-7-11(14(10)23)15(24)22-16(25,17(18,19)20)12-8-3-2-4-9-13(12)21-22/h5-7,12,23,25H,2-4,8-9H2,1H3/t12-,16+/m0/s1. The summed E-state index contributed by atoms with van der Waals surface area (Å²) in [5.41, 5.74) is -3.16. The van der Waals surface area contributed by atoms with Crippen LogP contribution in [0.5, 0.6) is 5.75 Å². The van der Waals surface area contributed by atoms with Gasteiger partial charge in [0.2, 0.25) is 0 Å². The number of rotatable bonds is 1. The molecule has 0 aromatic heterocycles. The molecular formula is C17H19F3N2O3. The van der Waals surface area contributed by atoms with Crippen LogP contribution >= 0.6 is 0 Å². The van der Waals surface area contributed by atoms with E-state index in [1.807, 2.05) is 0 Å². The maximum Gasteiger partial charge on any atom is 0.439 e. The molecule has 1 aromatic carbocycles. The highest BCUT2D eigenvalue weighted by atomic mass is 19.4. The molecule has 0 bridgehead atoms. The lowest BCUT2D eigenvalue weighted by Crippen LogP contribution is -2.61. The molecule has 1 fully saturated rings. The van der Waals surface area contributed by atoms with Crippen molar-refractivity contribution in [1.29, 1.82) is 0 Å². The van der Waals surface area contributed by atoms with Crippen LogP contribution in [0.15, 0.2) is 23.3 Å². The van der Waals surface area contributed by atoms with Gasteiger partial charge in [0.1, 0.15) is 5.75 Å². The number of aliphatic hydroxyl groups is 1. The number of aromatic hydroxyl groups is 1. The molecule has 136 valence electrons. The van der Waals surface area contributed by atoms with Gasteiger partial charge in [0.25, 0.3) is 11.6 Å². The average Bonchev–Trinajstić information content (AvgIpc) is 2.70. The molecule has 0 unspecified atom stereocenters. The first-order valence-electron chi connectivity index (χ1n) is 8.17. The Balaban J connectivity index is 2.09. The number of carbonyl (C=O) groups is 1. The summed E-state index contributed by atoms with van der Waals surface area (Å²) in [5, 5.41) is 24.6. The fraction of sp³-hybridized carbons (Fsp3) is 0.529. The molecule has 1 aromatic rings. The van der Waals surface area contributed by atoms with Crippen molar-refractivity contribution in [2.45, 2.75) is 50.9 Å². The zero-order valence-electron chi connectivity index (χ0n) is 13.7. The highest BCUT2D eigenvalue weighted by Crippen LogP contribution is 2.48. The number of phenols is 1. The van der Waals surface area contributed by atoms with E-state index in [1.165, 1.54) is 25.1 Å². The van der Waals surface area contributed by atoms with E-state index in [9.17, 15) is 28.2 Å². The summed E-state index contributed by atoms with van der Waals surface area (Å²) >= 11 is 0. The maximum absolute atomic E-state index is 13.8. The predicted molar refractivity (Wildman–Crippen MR) is 84.0 cm³/mol. The first-order valence-corrected chi connectivity index (χ1v) is 8.17. The second-order valence-corrected chi connectivity index (χ2v) is 6.56. The molecule has 1 heterocycles. The molecule has 2 aliphatic rings. The lowest BCUT2D eigenvalue weighted by atomic mass is 9.87. The van der Waals surface area contributed by atoms with E-state index < -0.39 is 29.5 Å². The van der Waals surface area contributed by atoms with E-state index in [4.69, 9.17) is 0 Å². The minimum atomic E-state index is -5.07.